The summed E-state index contributed by atoms with van der Waals surface area (Å²) >= 11 is 6.05. The van der Waals surface area contributed by atoms with Gasteiger partial charge in [0.05, 0.1) is 19.3 Å². The Hall–Kier alpha value is -1.30. The predicted octanol–water partition coefficient (Wildman–Crippen LogP) is 2.18. The second-order valence-corrected chi connectivity index (χ2v) is 5.69. The third-order valence-electron chi connectivity index (χ3n) is 3.76. The van der Waals surface area contributed by atoms with Crippen LogP contribution in [0.3, 0.4) is 0 Å². The second-order valence-electron chi connectivity index (χ2n) is 5.26. The molecule has 2 rings (SSSR count). The summed E-state index contributed by atoms with van der Waals surface area (Å²) in [5, 5.41) is 9.67. The number of benzene rings is 1. The van der Waals surface area contributed by atoms with Gasteiger partial charge in [0, 0.05) is 24.0 Å². The van der Waals surface area contributed by atoms with Gasteiger partial charge in [-0.3, -0.25) is 0 Å². The molecule has 1 aliphatic heterocycles. The third-order valence-corrected chi connectivity index (χ3v) is 4.00. The number of aliphatic hydroxyl groups excluding tert-OH is 1. The second kappa shape index (κ2) is 7.64. The topological polar surface area (TPSA) is 75.8 Å². The summed E-state index contributed by atoms with van der Waals surface area (Å²) in [5.41, 5.74) is 6.34. The first-order chi connectivity index (χ1) is 10.1. The lowest BCUT2D eigenvalue weighted by Crippen LogP contribution is -2.44. The minimum absolute atomic E-state index is 0.0384. The molecule has 1 aromatic rings. The molecule has 0 radical (unpaired) electrons. The number of primary amides is 1. The number of amides is 2. The molecule has 0 spiro atoms. The van der Waals surface area contributed by atoms with Crippen molar-refractivity contribution in [3.8, 4) is 0 Å². The summed E-state index contributed by atoms with van der Waals surface area (Å²) in [5.74, 6) is 0.149. The van der Waals surface area contributed by atoms with Gasteiger partial charge in [-0.25, -0.2) is 4.79 Å². The van der Waals surface area contributed by atoms with Gasteiger partial charge in [0.1, 0.15) is 0 Å². The average Bonchev–Trinajstić information content (AvgIpc) is 2.48. The minimum atomic E-state index is -0.397. The van der Waals surface area contributed by atoms with Crippen molar-refractivity contribution in [1.82, 2.24) is 4.90 Å². The summed E-state index contributed by atoms with van der Waals surface area (Å²) in [6.45, 7) is 1.47. The van der Waals surface area contributed by atoms with E-state index in [1.54, 1.807) is 4.90 Å². The highest BCUT2D eigenvalue weighted by Gasteiger charge is 2.30. The Balaban J connectivity index is 2.17. The Labute approximate surface area is 129 Å². The molecule has 21 heavy (non-hydrogen) atoms. The Morgan fingerprint density at radius 1 is 1.57 bits per heavy atom. The van der Waals surface area contributed by atoms with Crippen LogP contribution in [0.4, 0.5) is 4.79 Å². The zero-order valence-electron chi connectivity index (χ0n) is 11.9. The van der Waals surface area contributed by atoms with Crippen LogP contribution in [-0.4, -0.2) is 42.3 Å². The monoisotopic (exact) mass is 312 g/mol. The van der Waals surface area contributed by atoms with Gasteiger partial charge >= 0.3 is 6.03 Å². The molecule has 0 aliphatic carbocycles. The largest absolute Gasteiger partial charge is 0.394 e. The summed E-state index contributed by atoms with van der Waals surface area (Å²) in [6.07, 6.45) is 1.65. The molecule has 1 fully saturated rings. The number of nitrogens with zero attached hydrogens (tertiary/aromatic N) is 1. The van der Waals surface area contributed by atoms with Crippen molar-refractivity contribution in [2.75, 3.05) is 26.3 Å². The lowest BCUT2D eigenvalue weighted by molar-refractivity contribution is -0.0235. The standard InChI is InChI=1S/C15H21ClN2O3/c16-13-5-1-3-11(9-13)14(21-8-7-19)12-4-2-6-18(10-12)15(17)20/h1,3,5,9,12,14,19H,2,4,6-8,10H2,(H2,17,20)/t12-,14+/m1/s1. The number of urea groups is 1. The van der Waals surface area contributed by atoms with Crippen LogP contribution < -0.4 is 5.73 Å². The van der Waals surface area contributed by atoms with Crippen molar-refractivity contribution in [3.05, 3.63) is 34.9 Å². The fraction of sp³-hybridized carbons (Fsp3) is 0.533. The summed E-state index contributed by atoms with van der Waals surface area (Å²) in [6, 6.07) is 7.11. The number of aliphatic hydroxyl groups is 1. The van der Waals surface area contributed by atoms with Gasteiger partial charge in [-0.05, 0) is 30.5 Å². The SMILES string of the molecule is NC(=O)N1CCC[C@@H]([C@@H](OCCO)c2cccc(Cl)c2)C1. The van der Waals surface area contributed by atoms with E-state index in [1.165, 1.54) is 0 Å². The Morgan fingerprint density at radius 2 is 2.38 bits per heavy atom. The van der Waals surface area contributed by atoms with E-state index in [4.69, 9.17) is 27.2 Å². The van der Waals surface area contributed by atoms with Crippen molar-refractivity contribution in [1.29, 1.82) is 0 Å². The molecular formula is C15H21ClN2O3. The number of carbonyl (C=O) groups is 1. The molecule has 1 aromatic carbocycles. The molecular weight excluding hydrogens is 292 g/mol. The quantitative estimate of drug-likeness (QED) is 0.875. The van der Waals surface area contributed by atoms with Crippen molar-refractivity contribution in [3.63, 3.8) is 0 Å². The Bertz CT molecular complexity index is 484. The van der Waals surface area contributed by atoms with Crippen molar-refractivity contribution in [2.24, 2.45) is 11.7 Å². The van der Waals surface area contributed by atoms with Gasteiger partial charge in [-0.2, -0.15) is 0 Å². The Kier molecular flexibility index (Phi) is 5.85. The van der Waals surface area contributed by atoms with E-state index in [1.807, 2.05) is 24.3 Å². The first-order valence-electron chi connectivity index (χ1n) is 7.14. The first-order valence-corrected chi connectivity index (χ1v) is 7.52. The van der Waals surface area contributed by atoms with E-state index in [-0.39, 0.29) is 25.2 Å². The van der Waals surface area contributed by atoms with Crippen LogP contribution in [0.25, 0.3) is 0 Å². The van der Waals surface area contributed by atoms with E-state index < -0.39 is 6.03 Å². The van der Waals surface area contributed by atoms with Crippen LogP contribution in [0, 0.1) is 5.92 Å². The third kappa shape index (κ3) is 4.33. The summed E-state index contributed by atoms with van der Waals surface area (Å²) < 4.78 is 5.81. The van der Waals surface area contributed by atoms with Crippen LogP contribution in [0.2, 0.25) is 5.02 Å². The molecule has 0 saturated carbocycles. The molecule has 1 aliphatic rings. The predicted molar refractivity (Wildman–Crippen MR) is 81.1 cm³/mol. The van der Waals surface area contributed by atoms with Crippen molar-refractivity contribution < 1.29 is 14.6 Å². The van der Waals surface area contributed by atoms with Gasteiger partial charge in [0.2, 0.25) is 0 Å². The maximum absolute atomic E-state index is 11.4. The van der Waals surface area contributed by atoms with Gasteiger partial charge in [-0.15, -0.1) is 0 Å². The fourth-order valence-electron chi connectivity index (χ4n) is 2.82. The minimum Gasteiger partial charge on any atom is -0.394 e. The summed E-state index contributed by atoms with van der Waals surface area (Å²) in [7, 11) is 0. The zero-order chi connectivity index (χ0) is 15.2. The van der Waals surface area contributed by atoms with Crippen molar-refractivity contribution in [2.45, 2.75) is 18.9 Å². The lowest BCUT2D eigenvalue weighted by atomic mass is 9.88. The van der Waals surface area contributed by atoms with E-state index in [9.17, 15) is 4.79 Å². The van der Waals surface area contributed by atoms with E-state index >= 15 is 0 Å². The molecule has 0 bridgehead atoms. The number of hydrogen-bond donors (Lipinski definition) is 2. The molecule has 1 saturated heterocycles. The fourth-order valence-corrected chi connectivity index (χ4v) is 3.02. The van der Waals surface area contributed by atoms with Crippen LogP contribution in [0.15, 0.2) is 24.3 Å². The number of rotatable bonds is 5. The molecule has 0 aromatic heterocycles. The molecule has 6 heteroatoms. The molecule has 2 atom stereocenters. The number of ether oxygens (including phenoxy) is 1. The number of likely N-dealkylation sites (tertiary alicyclic amines) is 1. The number of piperidine rings is 1. The van der Waals surface area contributed by atoms with Gasteiger partial charge in [-0.1, -0.05) is 23.7 Å². The lowest BCUT2D eigenvalue weighted by Gasteiger charge is -2.36. The number of hydrogen-bond acceptors (Lipinski definition) is 3. The number of nitrogens with two attached hydrogens (primary N) is 1. The molecule has 5 nitrogen and oxygen atoms in total. The highest BCUT2D eigenvalue weighted by Crippen LogP contribution is 2.33. The van der Waals surface area contributed by atoms with E-state index in [0.717, 1.165) is 18.4 Å². The van der Waals surface area contributed by atoms with Crippen LogP contribution in [-0.2, 0) is 4.74 Å². The van der Waals surface area contributed by atoms with E-state index in [2.05, 4.69) is 0 Å². The zero-order valence-corrected chi connectivity index (χ0v) is 12.6. The molecule has 3 N–H and O–H groups in total. The smallest absolute Gasteiger partial charge is 0.314 e. The normalized spacial score (nSPS) is 20.3. The number of halogens is 1. The highest BCUT2D eigenvalue weighted by molar-refractivity contribution is 6.30. The van der Waals surface area contributed by atoms with Gasteiger partial charge in [0.25, 0.3) is 0 Å². The van der Waals surface area contributed by atoms with Crippen LogP contribution in [0.1, 0.15) is 24.5 Å². The molecule has 1 heterocycles. The number of carbonyl (C=O) groups excluding carboxylic acids is 1. The van der Waals surface area contributed by atoms with Crippen LogP contribution in [0.5, 0.6) is 0 Å². The maximum Gasteiger partial charge on any atom is 0.314 e. The van der Waals surface area contributed by atoms with Gasteiger partial charge in [0.15, 0.2) is 0 Å². The van der Waals surface area contributed by atoms with Crippen molar-refractivity contribution >= 4 is 17.6 Å². The average molecular weight is 313 g/mol. The van der Waals surface area contributed by atoms with E-state index in [0.29, 0.717) is 18.1 Å². The molecule has 2 amide bonds. The molecule has 116 valence electrons. The molecule has 0 unspecified atom stereocenters. The Morgan fingerprint density at radius 3 is 3.05 bits per heavy atom. The summed E-state index contributed by atoms with van der Waals surface area (Å²) in [4.78, 5) is 13.0. The first kappa shape index (κ1) is 16.1. The van der Waals surface area contributed by atoms with Gasteiger partial charge < -0.3 is 20.5 Å². The highest BCUT2D eigenvalue weighted by atomic mass is 35.5. The van der Waals surface area contributed by atoms with Crippen LogP contribution >= 0.6 is 11.6 Å². The maximum atomic E-state index is 11.4.